The molecule has 3 aliphatic carbocycles. The van der Waals surface area contributed by atoms with Crippen LogP contribution in [-0.2, 0) is 11.0 Å². The van der Waals surface area contributed by atoms with Crippen LogP contribution < -0.4 is 5.73 Å². The molecule has 5 rings (SSSR count). The van der Waals surface area contributed by atoms with Gasteiger partial charge < -0.3 is 10.3 Å². The van der Waals surface area contributed by atoms with Crippen molar-refractivity contribution in [2.24, 2.45) is 23.0 Å². The third kappa shape index (κ3) is 3.06. The predicted molar refractivity (Wildman–Crippen MR) is 92.6 cm³/mol. The minimum Gasteiger partial charge on any atom is -0.369 e. The first kappa shape index (κ1) is 18.9. The van der Waals surface area contributed by atoms with Gasteiger partial charge in [-0.15, -0.1) is 0 Å². The van der Waals surface area contributed by atoms with Crippen LogP contribution in [-0.4, -0.2) is 21.0 Å². The van der Waals surface area contributed by atoms with Crippen molar-refractivity contribution in [1.82, 2.24) is 15.1 Å². The number of nitrogens with two attached hydrogens (primary N) is 1. The monoisotopic (exact) mass is 394 g/mol. The Bertz CT molecular complexity index is 887. The number of rotatable bonds is 4. The average Bonchev–Trinajstić information content (AvgIpc) is 3.17. The van der Waals surface area contributed by atoms with Gasteiger partial charge in [-0.2, -0.15) is 18.2 Å². The number of amides is 1. The first-order valence-electron chi connectivity index (χ1n) is 9.37. The lowest BCUT2D eigenvalue weighted by Gasteiger charge is -2.53. The highest BCUT2D eigenvalue weighted by Crippen LogP contribution is 2.59. The maximum atomic E-state index is 12.9. The smallest absolute Gasteiger partial charge is 0.369 e. The van der Waals surface area contributed by atoms with Gasteiger partial charge in [0.05, 0.1) is 0 Å². The summed E-state index contributed by atoms with van der Waals surface area (Å²) in [5, 5.41) is 3.88. The first-order chi connectivity index (χ1) is 13.2. The Labute approximate surface area is 159 Å². The van der Waals surface area contributed by atoms with E-state index in [1.54, 1.807) is 0 Å². The molecule has 2 aromatic rings. The normalized spacial score (nSPS) is 28.3. The first-order valence-corrected chi connectivity index (χ1v) is 9.37. The Morgan fingerprint density at radius 3 is 2.71 bits per heavy atom. The van der Waals surface area contributed by atoms with Gasteiger partial charge in [0.25, 0.3) is 0 Å². The average molecular weight is 394 g/mol. The van der Waals surface area contributed by atoms with E-state index >= 15 is 0 Å². The topological polar surface area (TPSA) is 94.9 Å². The second-order valence-corrected chi connectivity index (χ2v) is 7.97. The molecule has 0 saturated heterocycles. The Morgan fingerprint density at radius 2 is 2.07 bits per heavy atom. The second-order valence-electron chi connectivity index (χ2n) is 7.97. The van der Waals surface area contributed by atoms with Gasteiger partial charge in [-0.1, -0.05) is 12.1 Å². The summed E-state index contributed by atoms with van der Waals surface area (Å²) in [6, 6.07) is 2.31. The number of carbonyl (C=O) groups excluding carboxylic acids is 1. The number of primary amides is 1. The molecule has 9 heteroatoms. The zero-order valence-corrected chi connectivity index (χ0v) is 15.4. The van der Waals surface area contributed by atoms with Crippen LogP contribution in [0.3, 0.4) is 0 Å². The van der Waals surface area contributed by atoms with E-state index in [0.717, 1.165) is 44.4 Å². The number of alkyl halides is 3. The van der Waals surface area contributed by atoms with Crippen LogP contribution in [0.15, 0.2) is 22.9 Å². The molecule has 150 valence electrons. The van der Waals surface area contributed by atoms with E-state index in [9.17, 15) is 18.0 Å². The summed E-state index contributed by atoms with van der Waals surface area (Å²) in [5.41, 5.74) is 4.53. The molecule has 2 bridgehead atoms. The number of fused-ring (bicyclic) bond motifs is 3. The van der Waals surface area contributed by atoms with Crippen molar-refractivity contribution in [2.45, 2.75) is 51.1 Å². The molecule has 2 atom stereocenters. The lowest BCUT2D eigenvalue weighted by molar-refractivity contribution is -0.141. The van der Waals surface area contributed by atoms with Crippen LogP contribution in [0.4, 0.5) is 13.2 Å². The van der Waals surface area contributed by atoms with Crippen LogP contribution in [0, 0.1) is 17.3 Å². The third-order valence-corrected chi connectivity index (χ3v) is 6.63. The van der Waals surface area contributed by atoms with Gasteiger partial charge >= 0.3 is 6.18 Å². The minimum absolute atomic E-state index is 0.0753. The van der Waals surface area contributed by atoms with Gasteiger partial charge in [-0.25, -0.2) is 0 Å². The number of pyridine rings is 1. The van der Waals surface area contributed by atoms with Crippen LogP contribution in [0.25, 0.3) is 11.4 Å². The Hall–Kier alpha value is -2.45. The molecular formula is C19H21F3N4O2. The molecule has 3 fully saturated rings. The molecule has 3 saturated carbocycles. The standard InChI is InChI=1S/C19H21F3N4O2/c1-10(18-5-2-11(3-6-18)8-13(18)15(23)27)17-25-16(26-28-17)12-4-7-24-14(9-12)19(20,21)22/h4,7,9-11,13H,2-3,5-6,8H2,1H3,(H2,23,27)/t10-,11?,13?,18?/m1/s1. The molecule has 2 aromatic heterocycles. The fourth-order valence-electron chi connectivity index (χ4n) is 5.00. The van der Waals surface area contributed by atoms with Crippen LogP contribution in [0.2, 0.25) is 0 Å². The van der Waals surface area contributed by atoms with E-state index in [2.05, 4.69) is 15.1 Å². The Kier molecular flexibility index (Phi) is 4.43. The second kappa shape index (κ2) is 6.56. The SMILES string of the molecule is C[C@H](c1nc(-c2ccnc(C(F)(F)F)c2)no1)C12CCC(CC1)CC2C(N)=O. The molecule has 2 heterocycles. The number of aromatic nitrogens is 3. The van der Waals surface area contributed by atoms with E-state index in [1.807, 2.05) is 6.92 Å². The van der Waals surface area contributed by atoms with Crippen molar-refractivity contribution in [3.05, 3.63) is 29.9 Å². The highest BCUT2D eigenvalue weighted by molar-refractivity contribution is 5.78. The number of nitrogens with zero attached hydrogens (tertiary/aromatic N) is 3. The van der Waals surface area contributed by atoms with Crippen LogP contribution in [0.5, 0.6) is 0 Å². The van der Waals surface area contributed by atoms with Gasteiger partial charge in [-0.3, -0.25) is 9.78 Å². The number of halogens is 3. The highest BCUT2D eigenvalue weighted by atomic mass is 19.4. The summed E-state index contributed by atoms with van der Waals surface area (Å²) < 4.78 is 44.1. The summed E-state index contributed by atoms with van der Waals surface area (Å²) in [5.74, 6) is 0.167. The van der Waals surface area contributed by atoms with Crippen LogP contribution in [0.1, 0.15) is 56.5 Å². The van der Waals surface area contributed by atoms with Gasteiger partial charge in [0.15, 0.2) is 0 Å². The minimum atomic E-state index is -4.55. The summed E-state index contributed by atoms with van der Waals surface area (Å²) in [6.45, 7) is 1.94. The molecule has 0 aromatic carbocycles. The van der Waals surface area contributed by atoms with E-state index in [4.69, 9.17) is 10.3 Å². The summed E-state index contributed by atoms with van der Waals surface area (Å²) >= 11 is 0. The highest BCUT2D eigenvalue weighted by Gasteiger charge is 2.54. The Morgan fingerprint density at radius 1 is 1.36 bits per heavy atom. The summed E-state index contributed by atoms with van der Waals surface area (Å²) in [4.78, 5) is 19.8. The third-order valence-electron chi connectivity index (χ3n) is 6.63. The van der Waals surface area contributed by atoms with Gasteiger partial charge in [0.1, 0.15) is 5.69 Å². The van der Waals surface area contributed by atoms with Crippen molar-refractivity contribution in [2.75, 3.05) is 0 Å². The number of hydrogen-bond acceptors (Lipinski definition) is 5. The van der Waals surface area contributed by atoms with Crippen LogP contribution >= 0.6 is 0 Å². The predicted octanol–water partition coefficient (Wildman–Crippen LogP) is 3.94. The zero-order valence-electron chi connectivity index (χ0n) is 15.4. The lowest BCUT2D eigenvalue weighted by Crippen LogP contribution is -2.50. The molecular weight excluding hydrogens is 373 g/mol. The van der Waals surface area contributed by atoms with E-state index in [1.165, 1.54) is 6.07 Å². The van der Waals surface area contributed by atoms with E-state index < -0.39 is 11.9 Å². The van der Waals surface area contributed by atoms with Crippen molar-refractivity contribution in [1.29, 1.82) is 0 Å². The van der Waals surface area contributed by atoms with Crippen molar-refractivity contribution >= 4 is 5.91 Å². The Balaban J connectivity index is 1.65. The number of hydrogen-bond donors (Lipinski definition) is 1. The van der Waals surface area contributed by atoms with Gasteiger partial charge in [0.2, 0.25) is 17.6 Å². The maximum absolute atomic E-state index is 12.9. The fraction of sp³-hybridized carbons (Fsp3) is 0.579. The largest absolute Gasteiger partial charge is 0.433 e. The molecule has 3 aliphatic rings. The quantitative estimate of drug-likeness (QED) is 0.848. The zero-order chi connectivity index (χ0) is 20.1. The van der Waals surface area contributed by atoms with Gasteiger partial charge in [0, 0.05) is 23.6 Å². The van der Waals surface area contributed by atoms with E-state index in [0.29, 0.717) is 11.8 Å². The van der Waals surface area contributed by atoms with Crippen molar-refractivity contribution in [3.8, 4) is 11.4 Å². The molecule has 2 N–H and O–H groups in total. The van der Waals surface area contributed by atoms with E-state index in [-0.39, 0.29) is 34.5 Å². The molecule has 0 radical (unpaired) electrons. The molecule has 0 spiro atoms. The molecule has 1 unspecified atom stereocenters. The lowest BCUT2D eigenvalue weighted by atomic mass is 9.50. The van der Waals surface area contributed by atoms with Gasteiger partial charge in [-0.05, 0) is 55.6 Å². The summed E-state index contributed by atoms with van der Waals surface area (Å²) in [6.07, 6.45) is 1.09. The van der Waals surface area contributed by atoms with Crippen molar-refractivity contribution < 1.29 is 22.5 Å². The number of carbonyl (C=O) groups is 1. The van der Waals surface area contributed by atoms with Crippen molar-refractivity contribution in [3.63, 3.8) is 0 Å². The summed E-state index contributed by atoms with van der Waals surface area (Å²) in [7, 11) is 0. The fourth-order valence-corrected chi connectivity index (χ4v) is 5.00. The maximum Gasteiger partial charge on any atom is 0.433 e. The molecule has 28 heavy (non-hydrogen) atoms. The molecule has 0 aliphatic heterocycles. The molecule has 6 nitrogen and oxygen atoms in total. The molecule has 1 amide bonds.